The van der Waals surface area contributed by atoms with Gasteiger partial charge in [-0.15, -0.1) is 6.58 Å². The van der Waals surface area contributed by atoms with Crippen LogP contribution in [0, 0.1) is 11.3 Å². The van der Waals surface area contributed by atoms with Gasteiger partial charge in [0.05, 0.1) is 13.2 Å². The lowest BCUT2D eigenvalue weighted by atomic mass is 9.85. The van der Waals surface area contributed by atoms with Crippen LogP contribution in [0.3, 0.4) is 0 Å². The number of ether oxygens (including phenoxy) is 2. The Balaban J connectivity index is 1.44. The molecule has 2 fully saturated rings. The van der Waals surface area contributed by atoms with Gasteiger partial charge in [0.2, 0.25) is 11.8 Å². The smallest absolute Gasteiger partial charge is 0.408 e. The van der Waals surface area contributed by atoms with Crippen LogP contribution in [0.25, 0.3) is 11.1 Å². The molecule has 1 saturated carbocycles. The van der Waals surface area contributed by atoms with E-state index in [1.54, 1.807) is 33.8 Å². The molecule has 0 aromatic heterocycles. The SMILES string of the molecule is C=C[C@@H]1C[C@]1(NC(=O)[C@@H]1C[C@@H](ON=C2c3ccccc3-c3ccccc32)CN1C(=O)[C@@H](NC(=O)OC(C)(C)C)C(C)(C)C)C(=O)OCC. The summed E-state index contributed by atoms with van der Waals surface area (Å²) in [6, 6.07) is 13.8. The summed E-state index contributed by atoms with van der Waals surface area (Å²) < 4.78 is 10.8. The molecule has 11 nitrogen and oxygen atoms in total. The normalized spacial score (nSPS) is 23.3. The minimum Gasteiger partial charge on any atom is -0.464 e. The molecule has 0 bridgehead atoms. The fourth-order valence-corrected chi connectivity index (χ4v) is 6.39. The Morgan fingerprint density at radius 1 is 1.00 bits per heavy atom. The molecule has 0 radical (unpaired) electrons. The van der Waals surface area contributed by atoms with E-state index in [4.69, 9.17) is 14.3 Å². The van der Waals surface area contributed by atoms with Crippen molar-refractivity contribution in [3.05, 3.63) is 72.3 Å². The maximum absolute atomic E-state index is 14.4. The van der Waals surface area contributed by atoms with E-state index in [0.717, 1.165) is 22.3 Å². The Kier molecular flexibility index (Phi) is 9.45. The first-order valence-electron chi connectivity index (χ1n) is 16.4. The van der Waals surface area contributed by atoms with Gasteiger partial charge in [0.1, 0.15) is 35.0 Å². The Labute approximate surface area is 282 Å². The van der Waals surface area contributed by atoms with Gasteiger partial charge in [0.25, 0.3) is 0 Å². The number of likely N-dealkylation sites (tertiary alicyclic amines) is 1. The molecule has 3 aliphatic rings. The van der Waals surface area contributed by atoms with Gasteiger partial charge in [-0.3, -0.25) is 9.59 Å². The van der Waals surface area contributed by atoms with Gasteiger partial charge in [-0.25, -0.2) is 9.59 Å². The van der Waals surface area contributed by atoms with E-state index in [-0.39, 0.29) is 25.5 Å². The number of alkyl carbamates (subject to hydrolysis) is 1. The topological polar surface area (TPSA) is 136 Å². The van der Waals surface area contributed by atoms with Gasteiger partial charge in [-0.2, -0.15) is 0 Å². The Morgan fingerprint density at radius 2 is 1.58 bits per heavy atom. The van der Waals surface area contributed by atoms with Gasteiger partial charge < -0.3 is 29.8 Å². The van der Waals surface area contributed by atoms with Gasteiger partial charge in [-0.1, -0.05) is 80.5 Å². The molecule has 2 N–H and O–H groups in total. The number of oxime groups is 1. The second kappa shape index (κ2) is 13.1. The standard InChI is InChI=1S/C37H46N4O7/c1-9-22-20-37(22,33(44)46-10-2)39-31(42)28-19-23(21-41(28)32(43)30(35(3,4)5)38-34(45)47-36(6,7)8)48-40-29-26-17-13-11-15-24(26)25-16-12-14-18-27(25)29/h9,11-18,22-23,28,30H,1,10,19-21H2,2-8H3,(H,38,45)(H,39,42)/t22-,23-,28+,30-,37-/m1/s1. The fraction of sp³-hybridized carbons (Fsp3) is 0.486. The van der Waals surface area contributed by atoms with Crippen LogP contribution >= 0.6 is 0 Å². The van der Waals surface area contributed by atoms with Crippen molar-refractivity contribution in [1.82, 2.24) is 15.5 Å². The molecule has 48 heavy (non-hydrogen) atoms. The van der Waals surface area contributed by atoms with Crippen molar-refractivity contribution in [3.8, 4) is 11.1 Å². The lowest BCUT2D eigenvalue weighted by molar-refractivity contribution is -0.150. The molecule has 2 aromatic carbocycles. The molecule has 3 amide bonds. The van der Waals surface area contributed by atoms with Crippen molar-refractivity contribution < 1.29 is 33.5 Å². The third-order valence-corrected chi connectivity index (χ3v) is 8.86. The predicted molar refractivity (Wildman–Crippen MR) is 181 cm³/mol. The monoisotopic (exact) mass is 658 g/mol. The van der Waals surface area contributed by atoms with Crippen LogP contribution < -0.4 is 10.6 Å². The summed E-state index contributed by atoms with van der Waals surface area (Å²) in [6.45, 7) is 16.4. The first-order valence-corrected chi connectivity index (χ1v) is 16.4. The van der Waals surface area contributed by atoms with E-state index in [9.17, 15) is 19.2 Å². The maximum atomic E-state index is 14.4. The van der Waals surface area contributed by atoms with Gasteiger partial charge >= 0.3 is 12.1 Å². The van der Waals surface area contributed by atoms with Crippen molar-refractivity contribution >= 4 is 29.6 Å². The number of hydrogen-bond donors (Lipinski definition) is 2. The fourth-order valence-electron chi connectivity index (χ4n) is 6.39. The zero-order valence-electron chi connectivity index (χ0n) is 28.8. The van der Waals surface area contributed by atoms with Crippen molar-refractivity contribution in [2.24, 2.45) is 16.5 Å². The molecule has 0 spiro atoms. The van der Waals surface area contributed by atoms with E-state index < -0.39 is 58.6 Å². The zero-order valence-corrected chi connectivity index (χ0v) is 28.8. The van der Waals surface area contributed by atoms with Crippen LogP contribution in [0.2, 0.25) is 0 Å². The van der Waals surface area contributed by atoms with Crippen molar-refractivity contribution in [3.63, 3.8) is 0 Å². The maximum Gasteiger partial charge on any atom is 0.408 e. The molecule has 2 aliphatic carbocycles. The van der Waals surface area contributed by atoms with E-state index in [0.29, 0.717) is 12.1 Å². The number of esters is 1. The second-order valence-corrected chi connectivity index (χ2v) is 14.7. The highest BCUT2D eigenvalue weighted by atomic mass is 16.6. The summed E-state index contributed by atoms with van der Waals surface area (Å²) in [6.07, 6.45) is 0.667. The van der Waals surface area contributed by atoms with Crippen molar-refractivity contribution in [2.45, 2.75) is 90.6 Å². The summed E-state index contributed by atoms with van der Waals surface area (Å²) in [7, 11) is 0. The van der Waals surface area contributed by atoms with Crippen LogP contribution in [0.15, 0.2) is 66.3 Å². The number of benzene rings is 2. The highest BCUT2D eigenvalue weighted by Crippen LogP contribution is 2.46. The summed E-state index contributed by atoms with van der Waals surface area (Å²) in [5.41, 5.74) is 1.82. The molecular weight excluding hydrogens is 612 g/mol. The van der Waals surface area contributed by atoms with Gasteiger partial charge in [0.15, 0.2) is 0 Å². The predicted octanol–water partition coefficient (Wildman–Crippen LogP) is 4.97. The molecule has 1 saturated heterocycles. The highest BCUT2D eigenvalue weighted by molar-refractivity contribution is 6.24. The Bertz CT molecular complexity index is 1590. The molecule has 0 unspecified atom stereocenters. The number of fused-ring (bicyclic) bond motifs is 3. The molecule has 2 aromatic rings. The average molecular weight is 659 g/mol. The average Bonchev–Trinajstić information content (AvgIpc) is 3.40. The Morgan fingerprint density at radius 3 is 2.08 bits per heavy atom. The molecular formula is C37H46N4O7. The quantitative estimate of drug-likeness (QED) is 0.188. The molecule has 11 heteroatoms. The van der Waals surface area contributed by atoms with Crippen LogP contribution in [-0.4, -0.2) is 77.0 Å². The van der Waals surface area contributed by atoms with E-state index in [2.05, 4.69) is 22.4 Å². The summed E-state index contributed by atoms with van der Waals surface area (Å²) in [5, 5.41) is 10.2. The summed E-state index contributed by atoms with van der Waals surface area (Å²) >= 11 is 0. The summed E-state index contributed by atoms with van der Waals surface area (Å²) in [4.78, 5) is 61.8. The first-order chi connectivity index (χ1) is 22.6. The molecule has 1 aliphatic heterocycles. The third kappa shape index (κ3) is 6.95. The third-order valence-electron chi connectivity index (χ3n) is 8.86. The number of rotatable bonds is 9. The number of carbonyl (C=O) groups is 4. The molecule has 1 heterocycles. The Hall–Kier alpha value is -4.67. The van der Waals surface area contributed by atoms with Crippen molar-refractivity contribution in [1.29, 1.82) is 0 Å². The van der Waals surface area contributed by atoms with Crippen molar-refractivity contribution in [2.75, 3.05) is 13.2 Å². The zero-order chi connectivity index (χ0) is 35.0. The number of amides is 3. The first kappa shape index (κ1) is 34.7. The van der Waals surface area contributed by atoms with Gasteiger partial charge in [0, 0.05) is 23.5 Å². The lowest BCUT2D eigenvalue weighted by Crippen LogP contribution is -2.59. The largest absolute Gasteiger partial charge is 0.464 e. The summed E-state index contributed by atoms with van der Waals surface area (Å²) in [5.74, 6) is -1.86. The van der Waals surface area contributed by atoms with Crippen LogP contribution in [0.4, 0.5) is 4.79 Å². The molecule has 5 rings (SSSR count). The molecule has 5 atom stereocenters. The van der Waals surface area contributed by atoms with Crippen LogP contribution in [-0.2, 0) is 28.7 Å². The second-order valence-electron chi connectivity index (χ2n) is 14.7. The van der Waals surface area contributed by atoms with E-state index >= 15 is 0 Å². The molecule has 256 valence electrons. The van der Waals surface area contributed by atoms with Crippen LogP contribution in [0.5, 0.6) is 0 Å². The number of hydrogen-bond acceptors (Lipinski definition) is 8. The van der Waals surface area contributed by atoms with Gasteiger partial charge in [-0.05, 0) is 50.7 Å². The lowest BCUT2D eigenvalue weighted by Gasteiger charge is -2.35. The minimum absolute atomic E-state index is 0.0247. The van der Waals surface area contributed by atoms with E-state index in [1.165, 1.54) is 4.90 Å². The number of carbonyl (C=O) groups excluding carboxylic acids is 4. The minimum atomic E-state index is -1.25. The van der Waals surface area contributed by atoms with Crippen LogP contribution in [0.1, 0.15) is 72.4 Å². The number of nitrogens with zero attached hydrogens (tertiary/aromatic N) is 2. The number of nitrogens with one attached hydrogen (secondary N) is 2. The van der Waals surface area contributed by atoms with E-state index in [1.807, 2.05) is 69.3 Å². The highest BCUT2D eigenvalue weighted by Gasteiger charge is 2.62.